The number of methoxy groups -OCH3 is 2. The van der Waals surface area contributed by atoms with Gasteiger partial charge in [-0.05, 0) is 36.3 Å². The molecule has 6 nitrogen and oxygen atoms in total. The summed E-state index contributed by atoms with van der Waals surface area (Å²) in [5.74, 6) is 1.25. The number of rotatable bonds is 6. The van der Waals surface area contributed by atoms with E-state index in [4.69, 9.17) is 18.9 Å². The second-order valence-corrected chi connectivity index (χ2v) is 7.27. The van der Waals surface area contributed by atoms with Crippen LogP contribution in [-0.4, -0.2) is 26.0 Å². The highest BCUT2D eigenvalue weighted by molar-refractivity contribution is 6.15. The number of carbonyl (C=O) groups excluding carboxylic acids is 2. The molecule has 1 aliphatic rings. The molecule has 3 aromatic carbocycles. The number of Topliss-reactive ketones (excluding diaryl/α,β-unsaturated/α-hetero) is 1. The van der Waals surface area contributed by atoms with Crippen LogP contribution in [0.15, 0.2) is 66.4 Å². The molecule has 0 unspecified atom stereocenters. The van der Waals surface area contributed by atoms with Crippen LogP contribution in [0.5, 0.6) is 23.0 Å². The zero-order chi connectivity index (χ0) is 22.7. The lowest BCUT2D eigenvalue weighted by Gasteiger charge is -2.10. The average Bonchev–Trinajstić information content (AvgIpc) is 3.09. The van der Waals surface area contributed by atoms with E-state index >= 15 is 0 Å². The molecule has 32 heavy (non-hydrogen) atoms. The van der Waals surface area contributed by atoms with Gasteiger partial charge in [0.25, 0.3) is 0 Å². The Bertz CT molecular complexity index is 1210. The first-order valence-electron chi connectivity index (χ1n) is 10.0. The molecule has 0 amide bonds. The maximum atomic E-state index is 13.0. The number of para-hydroxylation sites is 1. The summed E-state index contributed by atoms with van der Waals surface area (Å²) < 4.78 is 22.1. The van der Waals surface area contributed by atoms with Gasteiger partial charge in [-0.2, -0.15) is 0 Å². The minimum absolute atomic E-state index is 0.150. The van der Waals surface area contributed by atoms with Crippen molar-refractivity contribution in [1.82, 2.24) is 0 Å². The summed E-state index contributed by atoms with van der Waals surface area (Å²) in [7, 11) is 3.08. The molecular formula is C26H22O6. The molecule has 0 atom stereocenters. The number of ketones is 1. The van der Waals surface area contributed by atoms with Crippen molar-refractivity contribution >= 4 is 17.8 Å². The average molecular weight is 430 g/mol. The second-order valence-electron chi connectivity index (χ2n) is 7.27. The maximum absolute atomic E-state index is 13.0. The third kappa shape index (κ3) is 4.21. The molecule has 0 aliphatic carbocycles. The van der Waals surface area contributed by atoms with Crippen LogP contribution in [0.3, 0.4) is 0 Å². The molecule has 3 aromatic rings. The van der Waals surface area contributed by atoms with Crippen molar-refractivity contribution in [3.05, 3.63) is 88.7 Å². The van der Waals surface area contributed by atoms with E-state index in [-0.39, 0.29) is 18.0 Å². The summed E-state index contributed by atoms with van der Waals surface area (Å²) in [5.41, 5.74) is 2.62. The Kier molecular flexibility index (Phi) is 5.94. The first-order valence-corrected chi connectivity index (χ1v) is 10.0. The minimum atomic E-state index is -0.392. The zero-order valence-electron chi connectivity index (χ0n) is 18.0. The van der Waals surface area contributed by atoms with Crippen LogP contribution in [0.2, 0.25) is 0 Å². The molecule has 4 rings (SSSR count). The maximum Gasteiger partial charge on any atom is 0.315 e. The van der Waals surface area contributed by atoms with Gasteiger partial charge >= 0.3 is 5.97 Å². The molecule has 1 heterocycles. The Morgan fingerprint density at radius 3 is 2.50 bits per heavy atom. The van der Waals surface area contributed by atoms with Crippen LogP contribution < -0.4 is 18.9 Å². The standard InChI is InChI=1S/C26H22O6/c1-16-12-19(31-23(27)13-17-8-5-4-6-9-17)15-21-24(16)25(28)22(32-21)14-18-10-7-11-20(29-2)26(18)30-3/h4-12,14-15H,13H2,1-3H3/b22-14-. The predicted octanol–water partition coefficient (Wildman–Crippen LogP) is 4.78. The molecule has 0 aromatic heterocycles. The number of aryl methyl sites for hydroxylation is 1. The predicted molar refractivity (Wildman–Crippen MR) is 119 cm³/mol. The van der Waals surface area contributed by atoms with Gasteiger partial charge in [0.1, 0.15) is 11.5 Å². The third-order valence-electron chi connectivity index (χ3n) is 5.09. The molecule has 0 spiro atoms. The molecule has 6 heteroatoms. The van der Waals surface area contributed by atoms with E-state index in [0.29, 0.717) is 39.7 Å². The van der Waals surface area contributed by atoms with Crippen molar-refractivity contribution in [1.29, 1.82) is 0 Å². The van der Waals surface area contributed by atoms with E-state index in [1.54, 1.807) is 50.4 Å². The van der Waals surface area contributed by atoms with Gasteiger partial charge < -0.3 is 18.9 Å². The Morgan fingerprint density at radius 2 is 1.78 bits per heavy atom. The fourth-order valence-corrected chi connectivity index (χ4v) is 3.63. The number of ether oxygens (including phenoxy) is 4. The fraction of sp³-hybridized carbons (Fsp3) is 0.154. The van der Waals surface area contributed by atoms with Gasteiger partial charge in [0.15, 0.2) is 17.3 Å². The van der Waals surface area contributed by atoms with Crippen LogP contribution in [-0.2, 0) is 11.2 Å². The Morgan fingerprint density at radius 1 is 1.00 bits per heavy atom. The summed E-state index contributed by atoms with van der Waals surface area (Å²) in [5, 5.41) is 0. The number of benzene rings is 3. The van der Waals surface area contributed by atoms with Crippen molar-refractivity contribution in [2.75, 3.05) is 14.2 Å². The highest BCUT2D eigenvalue weighted by Gasteiger charge is 2.30. The van der Waals surface area contributed by atoms with Gasteiger partial charge in [0.2, 0.25) is 5.78 Å². The highest BCUT2D eigenvalue weighted by atomic mass is 16.5. The highest BCUT2D eigenvalue weighted by Crippen LogP contribution is 2.39. The van der Waals surface area contributed by atoms with E-state index in [1.165, 1.54) is 7.11 Å². The molecule has 0 saturated carbocycles. The van der Waals surface area contributed by atoms with Crippen LogP contribution in [0.1, 0.15) is 27.0 Å². The zero-order valence-corrected chi connectivity index (χ0v) is 18.0. The molecule has 0 fully saturated rings. The Hall–Kier alpha value is -4.06. The van der Waals surface area contributed by atoms with Crippen LogP contribution >= 0.6 is 0 Å². The van der Waals surface area contributed by atoms with Gasteiger partial charge in [-0.15, -0.1) is 0 Å². The lowest BCUT2D eigenvalue weighted by Crippen LogP contribution is -2.11. The largest absolute Gasteiger partial charge is 0.493 e. The molecule has 0 radical (unpaired) electrons. The van der Waals surface area contributed by atoms with E-state index in [1.807, 2.05) is 30.3 Å². The van der Waals surface area contributed by atoms with Crippen LogP contribution in [0.4, 0.5) is 0 Å². The van der Waals surface area contributed by atoms with Crippen molar-refractivity contribution in [3.63, 3.8) is 0 Å². The number of fused-ring (bicyclic) bond motifs is 1. The van der Waals surface area contributed by atoms with Crippen molar-refractivity contribution < 1.29 is 28.5 Å². The number of esters is 1. The van der Waals surface area contributed by atoms with Gasteiger partial charge in [0, 0.05) is 11.6 Å². The summed E-state index contributed by atoms with van der Waals surface area (Å²) in [6.07, 6.45) is 1.77. The van der Waals surface area contributed by atoms with Crippen molar-refractivity contribution in [2.45, 2.75) is 13.3 Å². The van der Waals surface area contributed by atoms with Crippen LogP contribution in [0.25, 0.3) is 6.08 Å². The molecule has 162 valence electrons. The number of carbonyl (C=O) groups is 2. The normalized spacial score (nSPS) is 13.5. The van der Waals surface area contributed by atoms with Crippen LogP contribution in [0, 0.1) is 6.92 Å². The summed E-state index contributed by atoms with van der Waals surface area (Å²) >= 11 is 0. The Labute approximate surface area is 186 Å². The third-order valence-corrected chi connectivity index (χ3v) is 5.09. The quantitative estimate of drug-likeness (QED) is 0.319. The summed E-state index contributed by atoms with van der Waals surface area (Å²) in [6.45, 7) is 1.78. The smallest absolute Gasteiger partial charge is 0.315 e. The lowest BCUT2D eigenvalue weighted by atomic mass is 10.0. The number of allylic oxidation sites excluding steroid dienone is 1. The molecule has 0 saturated heterocycles. The van der Waals surface area contributed by atoms with E-state index < -0.39 is 5.97 Å². The minimum Gasteiger partial charge on any atom is -0.493 e. The van der Waals surface area contributed by atoms with Gasteiger partial charge in [0.05, 0.1) is 26.2 Å². The molecule has 1 aliphatic heterocycles. The van der Waals surface area contributed by atoms with E-state index in [9.17, 15) is 9.59 Å². The number of hydrogen-bond acceptors (Lipinski definition) is 6. The van der Waals surface area contributed by atoms with Crippen molar-refractivity contribution in [2.24, 2.45) is 0 Å². The molecule has 0 bridgehead atoms. The van der Waals surface area contributed by atoms with Gasteiger partial charge in [-0.25, -0.2) is 0 Å². The van der Waals surface area contributed by atoms with Crippen molar-refractivity contribution in [3.8, 4) is 23.0 Å². The second kappa shape index (κ2) is 8.98. The van der Waals surface area contributed by atoms with Gasteiger partial charge in [-0.1, -0.05) is 42.5 Å². The molecule has 0 N–H and O–H groups in total. The monoisotopic (exact) mass is 430 g/mol. The topological polar surface area (TPSA) is 71.1 Å². The summed E-state index contributed by atoms with van der Waals surface area (Å²) in [4.78, 5) is 25.3. The number of hydrogen-bond donors (Lipinski definition) is 0. The van der Waals surface area contributed by atoms with E-state index in [0.717, 1.165) is 5.56 Å². The first-order chi connectivity index (χ1) is 15.5. The SMILES string of the molecule is COc1cccc(/C=C2\Oc3cc(OC(=O)Cc4ccccc4)cc(C)c3C2=O)c1OC. The van der Waals surface area contributed by atoms with Gasteiger partial charge in [-0.3, -0.25) is 9.59 Å². The molecular weight excluding hydrogens is 408 g/mol. The fourth-order valence-electron chi connectivity index (χ4n) is 3.63. The lowest BCUT2D eigenvalue weighted by molar-refractivity contribution is -0.133. The summed E-state index contributed by atoms with van der Waals surface area (Å²) in [6, 6.07) is 18.0. The Balaban J connectivity index is 1.58. The van der Waals surface area contributed by atoms with E-state index in [2.05, 4.69) is 0 Å². The first kappa shape index (κ1) is 21.2.